The minimum Gasteiger partial charge on any atom is -0.481 e. The summed E-state index contributed by atoms with van der Waals surface area (Å²) in [4.78, 5) is 22.2. The Morgan fingerprint density at radius 3 is 2.47 bits per heavy atom. The lowest BCUT2D eigenvalue weighted by Crippen LogP contribution is -2.33. The van der Waals surface area contributed by atoms with Crippen LogP contribution in [0.25, 0.3) is 0 Å². The average molecular weight is 275 g/mol. The first-order valence-electron chi connectivity index (χ1n) is 6.50. The summed E-state index contributed by atoms with van der Waals surface area (Å²) in [7, 11) is 1.56. The van der Waals surface area contributed by atoms with Crippen molar-refractivity contribution >= 4 is 11.9 Å². The molecule has 0 aromatic rings. The van der Waals surface area contributed by atoms with E-state index in [-0.39, 0.29) is 24.9 Å². The number of carboxylic acids is 1. The molecule has 0 aliphatic rings. The smallest absolute Gasteiger partial charge is 0.303 e. The van der Waals surface area contributed by atoms with Crippen LogP contribution in [-0.2, 0) is 19.1 Å². The van der Waals surface area contributed by atoms with Gasteiger partial charge in [0.05, 0.1) is 13.2 Å². The Morgan fingerprint density at radius 2 is 1.95 bits per heavy atom. The molecule has 1 amide bonds. The van der Waals surface area contributed by atoms with Crippen molar-refractivity contribution in [3.05, 3.63) is 0 Å². The third kappa shape index (κ3) is 11.7. The highest BCUT2D eigenvalue weighted by Gasteiger charge is 2.16. The second kappa shape index (κ2) is 10.8. The van der Waals surface area contributed by atoms with Crippen molar-refractivity contribution in [1.29, 1.82) is 0 Å². The molecule has 1 atom stereocenters. The molecule has 0 heterocycles. The van der Waals surface area contributed by atoms with Crippen molar-refractivity contribution in [3.63, 3.8) is 0 Å². The lowest BCUT2D eigenvalue weighted by Gasteiger charge is -2.17. The van der Waals surface area contributed by atoms with Gasteiger partial charge in [0.1, 0.15) is 6.61 Å². The van der Waals surface area contributed by atoms with Crippen molar-refractivity contribution in [2.75, 3.05) is 33.5 Å². The van der Waals surface area contributed by atoms with Crippen molar-refractivity contribution in [2.24, 2.45) is 11.8 Å². The molecular weight excluding hydrogens is 250 g/mol. The van der Waals surface area contributed by atoms with Crippen molar-refractivity contribution in [2.45, 2.75) is 26.7 Å². The molecule has 0 bridgehead atoms. The molecule has 6 heteroatoms. The largest absolute Gasteiger partial charge is 0.481 e. The molecule has 0 aromatic carbocycles. The van der Waals surface area contributed by atoms with Crippen LogP contribution in [-0.4, -0.2) is 50.5 Å². The summed E-state index contributed by atoms with van der Waals surface area (Å²) in [5.41, 5.74) is 0. The number of aliphatic carboxylic acids is 1. The number of hydrogen-bond donors (Lipinski definition) is 2. The highest BCUT2D eigenvalue weighted by Crippen LogP contribution is 2.14. The van der Waals surface area contributed by atoms with Crippen LogP contribution < -0.4 is 5.32 Å². The quantitative estimate of drug-likeness (QED) is 0.547. The molecule has 1 unspecified atom stereocenters. The summed E-state index contributed by atoms with van der Waals surface area (Å²) in [6.45, 7) is 5.23. The van der Waals surface area contributed by atoms with Gasteiger partial charge in [-0.15, -0.1) is 0 Å². The Hall–Kier alpha value is -1.14. The van der Waals surface area contributed by atoms with Crippen molar-refractivity contribution in [1.82, 2.24) is 5.32 Å². The maximum absolute atomic E-state index is 11.5. The van der Waals surface area contributed by atoms with Gasteiger partial charge in [0.25, 0.3) is 0 Å². The van der Waals surface area contributed by atoms with Gasteiger partial charge in [-0.1, -0.05) is 13.8 Å². The second-order valence-corrected chi connectivity index (χ2v) is 4.94. The van der Waals surface area contributed by atoms with E-state index >= 15 is 0 Å². The number of nitrogens with one attached hydrogen (secondary N) is 1. The van der Waals surface area contributed by atoms with E-state index in [1.165, 1.54) is 0 Å². The molecule has 6 nitrogen and oxygen atoms in total. The fourth-order valence-electron chi connectivity index (χ4n) is 1.77. The molecule has 0 spiro atoms. The predicted molar refractivity (Wildman–Crippen MR) is 70.9 cm³/mol. The first kappa shape index (κ1) is 17.9. The summed E-state index contributed by atoms with van der Waals surface area (Å²) in [6.07, 6.45) is 0.847. The van der Waals surface area contributed by atoms with E-state index in [0.717, 1.165) is 6.42 Å². The zero-order valence-corrected chi connectivity index (χ0v) is 12.0. The fraction of sp³-hybridized carbons (Fsp3) is 0.846. The molecule has 0 saturated carbocycles. The number of rotatable bonds is 11. The average Bonchev–Trinajstić information content (AvgIpc) is 2.30. The molecule has 0 aromatic heterocycles. The van der Waals surface area contributed by atoms with Gasteiger partial charge in [0.2, 0.25) is 5.91 Å². The second-order valence-electron chi connectivity index (χ2n) is 4.94. The molecule has 0 rings (SSSR count). The van der Waals surface area contributed by atoms with Crippen LogP contribution in [0.15, 0.2) is 0 Å². The minimum absolute atomic E-state index is 0.0230. The van der Waals surface area contributed by atoms with Gasteiger partial charge in [-0.3, -0.25) is 9.59 Å². The molecule has 0 saturated heterocycles. The summed E-state index contributed by atoms with van der Waals surface area (Å²) >= 11 is 0. The van der Waals surface area contributed by atoms with E-state index in [4.69, 9.17) is 14.6 Å². The van der Waals surface area contributed by atoms with Crippen LogP contribution in [0.3, 0.4) is 0 Å². The van der Waals surface area contributed by atoms with Crippen LogP contribution in [0.5, 0.6) is 0 Å². The molecule has 0 aliphatic carbocycles. The summed E-state index contributed by atoms with van der Waals surface area (Å²) in [5.74, 6) is -0.703. The fourth-order valence-corrected chi connectivity index (χ4v) is 1.77. The Kier molecular flexibility index (Phi) is 10.1. The van der Waals surface area contributed by atoms with Crippen LogP contribution in [0.1, 0.15) is 26.7 Å². The number of ether oxygens (including phenoxy) is 2. The number of carbonyl (C=O) groups is 2. The van der Waals surface area contributed by atoms with Gasteiger partial charge < -0.3 is 19.9 Å². The Balaban J connectivity index is 3.88. The number of carbonyl (C=O) groups excluding carboxylic acids is 1. The maximum Gasteiger partial charge on any atom is 0.303 e. The zero-order valence-electron chi connectivity index (χ0n) is 12.0. The standard InChI is InChI=1S/C13H25NO5/c1-10(2)6-11(7-13(16)17)8-14-12(15)9-19-5-4-18-3/h10-11H,4-9H2,1-3H3,(H,14,15)(H,16,17). The molecule has 19 heavy (non-hydrogen) atoms. The van der Waals surface area contributed by atoms with Gasteiger partial charge in [-0.2, -0.15) is 0 Å². The normalized spacial score (nSPS) is 12.4. The number of carboxylic acid groups (broad SMARTS) is 1. The molecular formula is C13H25NO5. The summed E-state index contributed by atoms with van der Waals surface area (Å²) in [5, 5.41) is 11.5. The predicted octanol–water partition coefficient (Wildman–Crippen LogP) is 0.903. The lowest BCUT2D eigenvalue weighted by atomic mass is 9.94. The Bertz CT molecular complexity index is 268. The Labute approximate surface area is 114 Å². The van der Waals surface area contributed by atoms with Crippen molar-refractivity contribution < 1.29 is 24.2 Å². The van der Waals surface area contributed by atoms with E-state index < -0.39 is 5.97 Å². The first-order valence-corrected chi connectivity index (χ1v) is 6.50. The summed E-state index contributed by atoms with van der Waals surface area (Å²) < 4.78 is 9.86. The first-order chi connectivity index (χ1) is 8.95. The Morgan fingerprint density at radius 1 is 1.26 bits per heavy atom. The number of amides is 1. The summed E-state index contributed by atoms with van der Waals surface area (Å²) in [6, 6.07) is 0. The van der Waals surface area contributed by atoms with Crippen molar-refractivity contribution in [3.8, 4) is 0 Å². The highest BCUT2D eigenvalue weighted by molar-refractivity contribution is 5.77. The van der Waals surface area contributed by atoms with Crippen LogP contribution >= 0.6 is 0 Å². The molecule has 112 valence electrons. The van der Waals surface area contributed by atoms with Crippen LogP contribution in [0.2, 0.25) is 0 Å². The lowest BCUT2D eigenvalue weighted by molar-refractivity contribution is -0.138. The zero-order chi connectivity index (χ0) is 14.7. The van der Waals surface area contributed by atoms with Crippen LogP contribution in [0, 0.1) is 11.8 Å². The maximum atomic E-state index is 11.5. The molecule has 2 N–H and O–H groups in total. The van der Waals surface area contributed by atoms with Gasteiger partial charge >= 0.3 is 5.97 Å². The topological polar surface area (TPSA) is 84.9 Å². The van der Waals surface area contributed by atoms with E-state index in [1.807, 2.05) is 13.8 Å². The van der Waals surface area contributed by atoms with Gasteiger partial charge in [0.15, 0.2) is 0 Å². The third-order valence-electron chi connectivity index (χ3n) is 2.52. The van der Waals surface area contributed by atoms with Gasteiger partial charge in [-0.25, -0.2) is 0 Å². The molecule has 0 radical (unpaired) electrons. The highest BCUT2D eigenvalue weighted by atomic mass is 16.5. The number of methoxy groups -OCH3 is 1. The monoisotopic (exact) mass is 275 g/mol. The van der Waals surface area contributed by atoms with Gasteiger partial charge in [0, 0.05) is 20.1 Å². The minimum atomic E-state index is -0.837. The van der Waals surface area contributed by atoms with Gasteiger partial charge in [-0.05, 0) is 18.3 Å². The van der Waals surface area contributed by atoms with Crippen LogP contribution in [0.4, 0.5) is 0 Å². The number of hydrogen-bond acceptors (Lipinski definition) is 4. The van der Waals surface area contributed by atoms with E-state index in [9.17, 15) is 9.59 Å². The molecule has 0 fully saturated rings. The van der Waals surface area contributed by atoms with E-state index in [1.54, 1.807) is 7.11 Å². The third-order valence-corrected chi connectivity index (χ3v) is 2.52. The van der Waals surface area contributed by atoms with E-state index in [0.29, 0.717) is 25.7 Å². The SMILES string of the molecule is COCCOCC(=O)NCC(CC(=O)O)CC(C)C. The molecule has 0 aliphatic heterocycles. The van der Waals surface area contributed by atoms with E-state index in [2.05, 4.69) is 5.32 Å².